The number of likely N-dealkylation sites (tertiary alicyclic amines) is 1. The van der Waals surface area contributed by atoms with Crippen molar-refractivity contribution in [3.8, 4) is 0 Å². The van der Waals surface area contributed by atoms with E-state index in [2.05, 4.69) is 0 Å². The van der Waals surface area contributed by atoms with Crippen LogP contribution < -0.4 is 0 Å². The Morgan fingerprint density at radius 1 is 1.21 bits per heavy atom. The van der Waals surface area contributed by atoms with Gasteiger partial charge in [-0.1, -0.05) is 6.92 Å². The molecular formula is C14H26N2O3. The van der Waals surface area contributed by atoms with Gasteiger partial charge in [0.15, 0.2) is 0 Å². The van der Waals surface area contributed by atoms with E-state index < -0.39 is 0 Å². The lowest BCUT2D eigenvalue weighted by Crippen LogP contribution is -2.50. The van der Waals surface area contributed by atoms with Crippen molar-refractivity contribution in [3.63, 3.8) is 0 Å². The van der Waals surface area contributed by atoms with E-state index in [-0.39, 0.29) is 24.5 Å². The molecular weight excluding hydrogens is 244 g/mol. The number of amides is 1. The fraction of sp³-hybridized carbons (Fsp3) is 0.857. The Balaban J connectivity index is 2.53. The monoisotopic (exact) mass is 270 g/mol. The molecule has 0 aromatic carbocycles. The van der Waals surface area contributed by atoms with Crippen LogP contribution in [0.25, 0.3) is 0 Å². The van der Waals surface area contributed by atoms with Gasteiger partial charge >= 0.3 is 5.97 Å². The molecule has 1 aliphatic heterocycles. The van der Waals surface area contributed by atoms with Crippen molar-refractivity contribution in [2.45, 2.75) is 46.1 Å². The Hall–Kier alpha value is -1.10. The van der Waals surface area contributed by atoms with Crippen molar-refractivity contribution >= 4 is 11.9 Å². The summed E-state index contributed by atoms with van der Waals surface area (Å²) in [7, 11) is 0. The zero-order valence-electron chi connectivity index (χ0n) is 12.4. The summed E-state index contributed by atoms with van der Waals surface area (Å²) in [6.45, 7) is 8.55. The second-order valence-electron chi connectivity index (χ2n) is 4.93. The normalized spacial score (nSPS) is 17.4. The van der Waals surface area contributed by atoms with Crippen LogP contribution in [0.2, 0.25) is 0 Å². The fourth-order valence-electron chi connectivity index (χ4n) is 2.43. The van der Waals surface area contributed by atoms with E-state index in [1.54, 1.807) is 6.92 Å². The highest BCUT2D eigenvalue weighted by Crippen LogP contribution is 2.12. The van der Waals surface area contributed by atoms with E-state index in [1.807, 2.05) is 23.6 Å². The molecule has 1 unspecified atom stereocenters. The van der Waals surface area contributed by atoms with Crippen LogP contribution in [0.3, 0.4) is 0 Å². The van der Waals surface area contributed by atoms with Crippen LogP contribution in [0, 0.1) is 0 Å². The molecule has 1 saturated heterocycles. The maximum atomic E-state index is 12.4. The van der Waals surface area contributed by atoms with Gasteiger partial charge in [0.25, 0.3) is 0 Å². The second-order valence-corrected chi connectivity index (χ2v) is 4.93. The SMILES string of the molecule is CCOC(=O)CN(CC)C(C)C(=O)N1CCCCC1. The van der Waals surface area contributed by atoms with Crippen molar-refractivity contribution in [1.82, 2.24) is 9.80 Å². The molecule has 0 radical (unpaired) electrons. The predicted molar refractivity (Wildman–Crippen MR) is 73.8 cm³/mol. The molecule has 1 atom stereocenters. The third kappa shape index (κ3) is 4.82. The molecule has 5 nitrogen and oxygen atoms in total. The third-order valence-electron chi connectivity index (χ3n) is 3.62. The number of piperidine rings is 1. The summed E-state index contributed by atoms with van der Waals surface area (Å²) >= 11 is 0. The first-order valence-corrected chi connectivity index (χ1v) is 7.28. The van der Waals surface area contributed by atoms with Crippen LogP contribution >= 0.6 is 0 Å². The number of ether oxygens (including phenoxy) is 1. The first-order valence-electron chi connectivity index (χ1n) is 7.28. The zero-order valence-corrected chi connectivity index (χ0v) is 12.4. The molecule has 0 aromatic rings. The van der Waals surface area contributed by atoms with Gasteiger partial charge in [0.05, 0.1) is 19.2 Å². The Kier molecular flexibility index (Phi) is 6.84. The van der Waals surface area contributed by atoms with Crippen molar-refractivity contribution in [2.24, 2.45) is 0 Å². The smallest absolute Gasteiger partial charge is 0.320 e. The van der Waals surface area contributed by atoms with Crippen molar-refractivity contribution in [2.75, 3.05) is 32.8 Å². The molecule has 0 spiro atoms. The van der Waals surface area contributed by atoms with Gasteiger partial charge in [-0.15, -0.1) is 0 Å². The van der Waals surface area contributed by atoms with Crippen LogP contribution in [-0.4, -0.2) is 60.5 Å². The van der Waals surface area contributed by atoms with Crippen LogP contribution in [0.4, 0.5) is 0 Å². The maximum absolute atomic E-state index is 12.4. The zero-order chi connectivity index (χ0) is 14.3. The standard InChI is InChI=1S/C14H26N2O3/c1-4-15(11-13(17)19-5-2)12(3)14(18)16-9-7-6-8-10-16/h12H,4-11H2,1-3H3. The summed E-state index contributed by atoms with van der Waals surface area (Å²) in [4.78, 5) is 27.7. The summed E-state index contributed by atoms with van der Waals surface area (Å²) in [6, 6.07) is -0.257. The van der Waals surface area contributed by atoms with Gasteiger partial charge < -0.3 is 9.64 Å². The molecule has 1 heterocycles. The quantitative estimate of drug-likeness (QED) is 0.682. The Morgan fingerprint density at radius 2 is 1.84 bits per heavy atom. The number of carbonyl (C=O) groups is 2. The summed E-state index contributed by atoms with van der Waals surface area (Å²) in [5.74, 6) is -0.131. The number of nitrogens with zero attached hydrogens (tertiary/aromatic N) is 2. The summed E-state index contributed by atoms with van der Waals surface area (Å²) in [6.07, 6.45) is 3.38. The fourth-order valence-corrected chi connectivity index (χ4v) is 2.43. The molecule has 0 saturated carbocycles. The molecule has 1 amide bonds. The van der Waals surface area contributed by atoms with E-state index in [1.165, 1.54) is 6.42 Å². The number of likely N-dealkylation sites (N-methyl/N-ethyl adjacent to an activating group) is 1. The summed E-state index contributed by atoms with van der Waals surface area (Å²) < 4.78 is 4.94. The molecule has 0 aliphatic carbocycles. The van der Waals surface area contributed by atoms with Gasteiger partial charge in [-0.2, -0.15) is 0 Å². The first kappa shape index (κ1) is 16.0. The average Bonchev–Trinajstić information content (AvgIpc) is 2.44. The molecule has 1 rings (SSSR count). The number of hydrogen-bond donors (Lipinski definition) is 0. The molecule has 110 valence electrons. The molecule has 0 bridgehead atoms. The Bertz CT molecular complexity index is 301. The van der Waals surface area contributed by atoms with E-state index in [9.17, 15) is 9.59 Å². The number of rotatable bonds is 6. The van der Waals surface area contributed by atoms with Crippen LogP contribution in [0.15, 0.2) is 0 Å². The average molecular weight is 270 g/mol. The van der Waals surface area contributed by atoms with Gasteiger partial charge in [0.2, 0.25) is 5.91 Å². The van der Waals surface area contributed by atoms with Gasteiger partial charge in [-0.05, 0) is 39.7 Å². The number of hydrogen-bond acceptors (Lipinski definition) is 4. The Labute approximate surface area is 115 Å². The number of carbonyl (C=O) groups excluding carboxylic acids is 2. The minimum Gasteiger partial charge on any atom is -0.465 e. The van der Waals surface area contributed by atoms with Crippen molar-refractivity contribution in [3.05, 3.63) is 0 Å². The topological polar surface area (TPSA) is 49.9 Å². The molecule has 0 N–H and O–H groups in total. The van der Waals surface area contributed by atoms with Crippen LogP contribution in [0.1, 0.15) is 40.0 Å². The first-order chi connectivity index (χ1) is 9.10. The van der Waals surface area contributed by atoms with E-state index in [0.717, 1.165) is 25.9 Å². The lowest BCUT2D eigenvalue weighted by molar-refractivity contribution is -0.146. The Morgan fingerprint density at radius 3 is 2.37 bits per heavy atom. The van der Waals surface area contributed by atoms with E-state index in [4.69, 9.17) is 4.74 Å². The second kappa shape index (κ2) is 8.15. The van der Waals surface area contributed by atoms with E-state index >= 15 is 0 Å². The summed E-state index contributed by atoms with van der Waals surface area (Å²) in [5.41, 5.74) is 0. The highest BCUT2D eigenvalue weighted by Gasteiger charge is 2.27. The van der Waals surface area contributed by atoms with Gasteiger partial charge in [-0.25, -0.2) is 0 Å². The predicted octanol–water partition coefficient (Wildman–Crippen LogP) is 1.27. The van der Waals surface area contributed by atoms with Crippen molar-refractivity contribution in [1.29, 1.82) is 0 Å². The molecule has 5 heteroatoms. The van der Waals surface area contributed by atoms with Gasteiger partial charge in [-0.3, -0.25) is 14.5 Å². The molecule has 1 fully saturated rings. The molecule has 19 heavy (non-hydrogen) atoms. The minimum absolute atomic E-state index is 0.130. The molecule has 0 aromatic heterocycles. The van der Waals surface area contributed by atoms with Gasteiger partial charge in [0.1, 0.15) is 0 Å². The number of esters is 1. The van der Waals surface area contributed by atoms with E-state index in [0.29, 0.717) is 13.2 Å². The highest BCUT2D eigenvalue weighted by atomic mass is 16.5. The lowest BCUT2D eigenvalue weighted by Gasteiger charge is -2.33. The lowest BCUT2D eigenvalue weighted by atomic mass is 10.1. The largest absolute Gasteiger partial charge is 0.465 e. The molecule has 1 aliphatic rings. The van der Waals surface area contributed by atoms with Crippen LogP contribution in [-0.2, 0) is 14.3 Å². The van der Waals surface area contributed by atoms with Crippen molar-refractivity contribution < 1.29 is 14.3 Å². The van der Waals surface area contributed by atoms with Crippen LogP contribution in [0.5, 0.6) is 0 Å². The van der Waals surface area contributed by atoms with Gasteiger partial charge in [0, 0.05) is 13.1 Å². The highest BCUT2D eigenvalue weighted by molar-refractivity contribution is 5.82. The minimum atomic E-state index is -0.261. The third-order valence-corrected chi connectivity index (χ3v) is 3.62. The summed E-state index contributed by atoms with van der Waals surface area (Å²) in [5, 5.41) is 0. The maximum Gasteiger partial charge on any atom is 0.320 e.